The number of rotatable bonds is 3. The van der Waals surface area contributed by atoms with E-state index in [-0.39, 0.29) is 44.7 Å². The summed E-state index contributed by atoms with van der Waals surface area (Å²) in [5.41, 5.74) is 0.824. The Hall–Kier alpha value is -4.70. The summed E-state index contributed by atoms with van der Waals surface area (Å²) in [6, 6.07) is 0. The van der Waals surface area contributed by atoms with Crippen LogP contribution in [0.3, 0.4) is 0 Å². The summed E-state index contributed by atoms with van der Waals surface area (Å²) in [4.78, 5) is 47.7. The number of hydrogen-bond donors (Lipinski definition) is 5. The molecule has 1 aromatic heterocycles. The first kappa shape index (κ1) is 41.9. The zero-order chi connectivity index (χ0) is 41.7. The fourth-order valence-corrected chi connectivity index (χ4v) is 9.28. The number of thiazole rings is 1. The zero-order valence-corrected chi connectivity index (χ0v) is 34.6. The van der Waals surface area contributed by atoms with Gasteiger partial charge in [-0.2, -0.15) is 0 Å². The quantitative estimate of drug-likeness (QED) is 0.147. The molecule has 0 saturated carbocycles. The van der Waals surface area contributed by atoms with Crippen molar-refractivity contribution in [2.45, 2.75) is 98.4 Å². The second-order valence-corrected chi connectivity index (χ2v) is 16.7. The van der Waals surface area contributed by atoms with E-state index in [1.165, 1.54) is 38.6 Å². The summed E-state index contributed by atoms with van der Waals surface area (Å²) >= 11 is 1.26. The van der Waals surface area contributed by atoms with Crippen molar-refractivity contribution in [3.63, 3.8) is 0 Å². The standard InChI is InChI=1S/C42H53N3O11S/c1-19-13-12-14-20(2)40(52)43-31-35(50)28-27(30-38(31)57-41(44-30)45-16-10-11-17-45)29-37(24(6)34(28)49)56-42(8,39(29)51)54-18-15-26(53-9)21(3)36(55-25(7)46)23(5)33(48)22(4)32(19)47/h12-15,18-19,21-23,26,32-33,36,47-50H,10-11,16-17H2,1-9H3,(H,43,52)/b13-12+,18-15+,20-14-. The van der Waals surface area contributed by atoms with Crippen LogP contribution in [0.4, 0.5) is 10.8 Å². The van der Waals surface area contributed by atoms with E-state index in [4.69, 9.17) is 23.9 Å². The summed E-state index contributed by atoms with van der Waals surface area (Å²) < 4.78 is 24.3. The Morgan fingerprint density at radius 2 is 1.68 bits per heavy atom. The van der Waals surface area contributed by atoms with Crippen molar-refractivity contribution in [3.05, 3.63) is 47.3 Å². The molecule has 9 unspecified atom stereocenters. The molecule has 14 nitrogen and oxygen atoms in total. The third kappa shape index (κ3) is 7.57. The minimum atomic E-state index is -1.93. The first-order chi connectivity index (χ1) is 26.9. The molecule has 2 aromatic carbocycles. The topological polar surface area (TPSA) is 197 Å². The molecule has 0 aliphatic carbocycles. The molecule has 4 bridgehead atoms. The van der Waals surface area contributed by atoms with E-state index in [1.807, 2.05) is 0 Å². The summed E-state index contributed by atoms with van der Waals surface area (Å²) in [6.07, 6.45) is 5.94. The molecule has 1 amide bonds. The number of methoxy groups -OCH3 is 1. The van der Waals surface area contributed by atoms with Crippen LogP contribution in [-0.4, -0.2) is 93.5 Å². The third-order valence-corrected chi connectivity index (χ3v) is 12.9. The Kier molecular flexibility index (Phi) is 12.0. The minimum absolute atomic E-state index is 0.0344. The van der Waals surface area contributed by atoms with Gasteiger partial charge < -0.3 is 49.6 Å². The Labute approximate surface area is 335 Å². The molecule has 308 valence electrons. The van der Waals surface area contributed by atoms with E-state index in [2.05, 4.69) is 10.2 Å². The zero-order valence-electron chi connectivity index (χ0n) is 33.8. The predicted molar refractivity (Wildman–Crippen MR) is 217 cm³/mol. The number of hydrogen-bond acceptors (Lipinski definition) is 14. The number of phenolic OH excluding ortho intramolecular Hbond substituents is 2. The van der Waals surface area contributed by atoms with Crippen LogP contribution < -0.4 is 15.0 Å². The molecule has 15 heteroatoms. The molecular formula is C42H53N3O11S. The van der Waals surface area contributed by atoms with Gasteiger partial charge in [-0.15, -0.1) is 0 Å². The maximum atomic E-state index is 14.6. The molecule has 0 radical (unpaired) electrons. The van der Waals surface area contributed by atoms with Crippen LogP contribution in [0.25, 0.3) is 21.0 Å². The van der Waals surface area contributed by atoms with Crippen molar-refractivity contribution in [1.29, 1.82) is 0 Å². The molecular weight excluding hydrogens is 755 g/mol. The summed E-state index contributed by atoms with van der Waals surface area (Å²) in [6.45, 7) is 14.4. The Balaban J connectivity index is 1.54. The number of allylic oxidation sites excluding steroid dienone is 2. The van der Waals surface area contributed by atoms with Crippen molar-refractivity contribution in [3.8, 4) is 17.2 Å². The lowest BCUT2D eigenvalue weighted by atomic mass is 9.78. The van der Waals surface area contributed by atoms with Gasteiger partial charge in [0.1, 0.15) is 23.3 Å². The highest BCUT2D eigenvalue weighted by atomic mass is 32.1. The number of anilines is 2. The molecule has 5 N–H and O–H groups in total. The number of aromatic nitrogens is 1. The fourth-order valence-electron chi connectivity index (χ4n) is 8.15. The number of esters is 1. The van der Waals surface area contributed by atoms with E-state index < -0.39 is 77.3 Å². The number of phenols is 2. The van der Waals surface area contributed by atoms with Crippen molar-refractivity contribution in [2.75, 3.05) is 30.4 Å². The molecule has 6 rings (SSSR count). The molecule has 4 heterocycles. The third-order valence-electron chi connectivity index (χ3n) is 11.7. The minimum Gasteiger partial charge on any atom is -0.507 e. The number of fused-ring (bicyclic) bond motifs is 1. The van der Waals surface area contributed by atoms with Crippen LogP contribution in [0.5, 0.6) is 17.2 Å². The Morgan fingerprint density at radius 3 is 2.33 bits per heavy atom. The van der Waals surface area contributed by atoms with Crippen LogP contribution in [0.2, 0.25) is 0 Å². The van der Waals surface area contributed by atoms with Gasteiger partial charge in [0.05, 0.1) is 45.7 Å². The van der Waals surface area contributed by atoms with E-state index in [0.717, 1.165) is 25.9 Å². The molecule has 1 fully saturated rings. The second-order valence-electron chi connectivity index (χ2n) is 15.7. The van der Waals surface area contributed by atoms with Gasteiger partial charge >= 0.3 is 11.8 Å². The number of aliphatic hydroxyl groups is 2. The fraction of sp³-hybridized carbons (Fsp3) is 0.524. The van der Waals surface area contributed by atoms with Gasteiger partial charge in [-0.25, -0.2) is 4.98 Å². The summed E-state index contributed by atoms with van der Waals surface area (Å²) in [5.74, 6) is -6.71. The second kappa shape index (κ2) is 16.3. The van der Waals surface area contributed by atoms with Crippen molar-refractivity contribution < 1.29 is 53.8 Å². The Bertz CT molecular complexity index is 2170. The highest BCUT2D eigenvalue weighted by Gasteiger charge is 2.50. The number of carbonyl (C=O) groups excluding carboxylic acids is 3. The van der Waals surface area contributed by atoms with Crippen molar-refractivity contribution in [1.82, 2.24) is 4.98 Å². The first-order valence-corrected chi connectivity index (χ1v) is 20.1. The predicted octanol–water partition coefficient (Wildman–Crippen LogP) is 6.26. The SMILES string of the molecule is COC1/C=C/OC2(C)Oc3c(C)c(O)c4c(O)c(c5sc(N6CCCC6)nc5c4c3C2=O)NC(=O)/C(C)=C\C=C\C(C)C(O)C(C)C(O)C(C)C(OC(C)=O)C1C. The maximum absolute atomic E-state index is 14.6. The van der Waals surface area contributed by atoms with Gasteiger partial charge in [-0.3, -0.25) is 14.4 Å². The molecule has 9 atom stereocenters. The van der Waals surface area contributed by atoms with Crippen LogP contribution in [0.15, 0.2) is 36.1 Å². The highest BCUT2D eigenvalue weighted by molar-refractivity contribution is 7.23. The van der Waals surface area contributed by atoms with E-state index in [9.17, 15) is 34.8 Å². The number of Topliss-reactive ketones (excluding diaryl/α,β-unsaturated/α-hetero) is 1. The number of aliphatic hydroxyl groups excluding tert-OH is 2. The molecule has 3 aliphatic heterocycles. The van der Waals surface area contributed by atoms with Gasteiger partial charge in [0.2, 0.25) is 0 Å². The number of ether oxygens (including phenoxy) is 4. The maximum Gasteiger partial charge on any atom is 0.312 e. The van der Waals surface area contributed by atoms with E-state index in [0.29, 0.717) is 15.3 Å². The van der Waals surface area contributed by atoms with E-state index >= 15 is 0 Å². The normalized spacial score (nSPS) is 32.2. The van der Waals surface area contributed by atoms with Gasteiger partial charge in [0.25, 0.3) is 11.7 Å². The van der Waals surface area contributed by atoms with Gasteiger partial charge in [-0.1, -0.05) is 57.3 Å². The van der Waals surface area contributed by atoms with Crippen molar-refractivity contribution in [2.24, 2.45) is 23.7 Å². The lowest BCUT2D eigenvalue weighted by molar-refractivity contribution is -0.160. The van der Waals surface area contributed by atoms with Crippen LogP contribution >= 0.6 is 11.3 Å². The van der Waals surface area contributed by atoms with Gasteiger partial charge in [0, 0.05) is 74.2 Å². The molecule has 0 spiro atoms. The van der Waals surface area contributed by atoms with Crippen molar-refractivity contribution >= 4 is 60.8 Å². The van der Waals surface area contributed by atoms with E-state index in [1.54, 1.807) is 65.8 Å². The summed E-state index contributed by atoms with van der Waals surface area (Å²) in [5, 5.41) is 50.1. The number of nitrogens with one attached hydrogen (secondary N) is 1. The monoisotopic (exact) mass is 807 g/mol. The number of aromatic hydroxyl groups is 2. The lowest BCUT2D eigenvalue weighted by Crippen LogP contribution is -2.46. The smallest absolute Gasteiger partial charge is 0.312 e. The average molecular weight is 808 g/mol. The number of benzene rings is 2. The van der Waals surface area contributed by atoms with Gasteiger partial charge in [0.15, 0.2) is 10.9 Å². The van der Waals surface area contributed by atoms with Crippen LogP contribution in [-0.2, 0) is 23.8 Å². The van der Waals surface area contributed by atoms with Crippen LogP contribution in [0.1, 0.15) is 77.2 Å². The lowest BCUT2D eigenvalue weighted by Gasteiger charge is -2.38. The first-order valence-electron chi connectivity index (χ1n) is 19.3. The number of amides is 1. The highest BCUT2D eigenvalue weighted by Crippen LogP contribution is 2.55. The number of ketones is 1. The molecule has 3 aliphatic rings. The number of nitrogens with zero attached hydrogens (tertiary/aromatic N) is 2. The van der Waals surface area contributed by atoms with Gasteiger partial charge in [-0.05, 0) is 32.8 Å². The Morgan fingerprint density at radius 1 is 1.00 bits per heavy atom. The summed E-state index contributed by atoms with van der Waals surface area (Å²) in [7, 11) is 1.47. The molecule has 1 saturated heterocycles. The molecule has 3 aromatic rings. The van der Waals surface area contributed by atoms with Crippen LogP contribution in [0, 0.1) is 30.6 Å². The largest absolute Gasteiger partial charge is 0.507 e. The average Bonchev–Trinajstić information content (AvgIpc) is 3.93. The molecule has 57 heavy (non-hydrogen) atoms. The number of carbonyl (C=O) groups is 3.